The van der Waals surface area contributed by atoms with Crippen LogP contribution < -0.4 is 5.32 Å². The van der Waals surface area contributed by atoms with E-state index >= 15 is 0 Å². The predicted molar refractivity (Wildman–Crippen MR) is 56.9 cm³/mol. The number of carbonyl (C=O) groups excluding carboxylic acids is 1. The van der Waals surface area contributed by atoms with Gasteiger partial charge in [0.2, 0.25) is 5.91 Å². The first-order chi connectivity index (χ1) is 6.11. The second-order valence-corrected chi connectivity index (χ2v) is 4.78. The molecule has 78 valence electrons. The van der Waals surface area contributed by atoms with Gasteiger partial charge in [-0.2, -0.15) is 0 Å². The van der Waals surface area contributed by atoms with Crippen LogP contribution in [-0.2, 0) is 4.79 Å². The third-order valence-electron chi connectivity index (χ3n) is 1.69. The quantitative estimate of drug-likeness (QED) is 0.680. The van der Waals surface area contributed by atoms with E-state index in [4.69, 9.17) is 5.11 Å². The Labute approximate surface area is 84.3 Å². The van der Waals surface area contributed by atoms with E-state index in [-0.39, 0.29) is 17.8 Å². The Hall–Kier alpha value is -0.220. The summed E-state index contributed by atoms with van der Waals surface area (Å²) in [5.41, 5.74) is 0. The van der Waals surface area contributed by atoms with Gasteiger partial charge >= 0.3 is 0 Å². The molecule has 3 nitrogen and oxygen atoms in total. The number of amides is 1. The van der Waals surface area contributed by atoms with Crippen molar-refractivity contribution in [3.63, 3.8) is 0 Å². The summed E-state index contributed by atoms with van der Waals surface area (Å²) in [6.07, 6.45) is 0.744. The monoisotopic (exact) mass is 205 g/mol. The molecule has 0 saturated carbocycles. The highest BCUT2D eigenvalue weighted by Crippen LogP contribution is 2.19. The number of nitrogens with one attached hydrogen (secondary N) is 1. The first-order valence-electron chi connectivity index (χ1n) is 4.65. The number of hydrogen-bond acceptors (Lipinski definition) is 3. The summed E-state index contributed by atoms with van der Waals surface area (Å²) < 4.78 is 0. The molecule has 0 saturated heterocycles. The van der Waals surface area contributed by atoms with Crippen molar-refractivity contribution in [3.05, 3.63) is 0 Å². The third kappa shape index (κ3) is 5.93. The lowest BCUT2D eigenvalue weighted by Crippen LogP contribution is -2.31. The van der Waals surface area contributed by atoms with E-state index in [1.54, 1.807) is 11.8 Å². The molecule has 1 amide bonds. The molecule has 0 aliphatic rings. The fraction of sp³-hybridized carbons (Fsp3) is 0.889. The number of aliphatic hydroxyl groups excluding tert-OH is 1. The number of carbonyl (C=O) groups is 1. The van der Waals surface area contributed by atoms with E-state index in [1.165, 1.54) is 0 Å². The molecule has 0 bridgehead atoms. The Balaban J connectivity index is 3.71. The first-order valence-corrected chi connectivity index (χ1v) is 5.60. The average molecular weight is 205 g/mol. The highest BCUT2D eigenvalue weighted by atomic mass is 32.2. The van der Waals surface area contributed by atoms with Crippen LogP contribution in [0.5, 0.6) is 0 Å². The normalized spacial score (nSPS) is 15.1. The standard InChI is InChI=1S/C9H19NO2S/c1-4-10-9(12)8(3)13-7(2)5-6-11/h7-8,11H,4-6H2,1-3H3,(H,10,12). The molecular formula is C9H19NO2S. The maximum absolute atomic E-state index is 11.3. The van der Waals surface area contributed by atoms with E-state index in [9.17, 15) is 4.79 Å². The summed E-state index contributed by atoms with van der Waals surface area (Å²) in [4.78, 5) is 11.3. The van der Waals surface area contributed by atoms with Crippen molar-refractivity contribution in [3.8, 4) is 0 Å². The number of rotatable bonds is 6. The van der Waals surface area contributed by atoms with Crippen LogP contribution in [-0.4, -0.2) is 34.7 Å². The maximum Gasteiger partial charge on any atom is 0.232 e. The summed E-state index contributed by atoms with van der Waals surface area (Å²) in [5.74, 6) is 0.0808. The topological polar surface area (TPSA) is 49.3 Å². The first kappa shape index (κ1) is 12.8. The van der Waals surface area contributed by atoms with Gasteiger partial charge in [0.05, 0.1) is 5.25 Å². The molecule has 0 aliphatic carbocycles. The zero-order valence-corrected chi connectivity index (χ0v) is 9.36. The molecule has 4 heteroatoms. The van der Waals surface area contributed by atoms with Crippen LogP contribution in [0.2, 0.25) is 0 Å². The van der Waals surface area contributed by atoms with Crippen LogP contribution in [0.15, 0.2) is 0 Å². The van der Waals surface area contributed by atoms with Crippen LogP contribution in [0.1, 0.15) is 27.2 Å². The van der Waals surface area contributed by atoms with Gasteiger partial charge in [0.25, 0.3) is 0 Å². The molecule has 0 fully saturated rings. The van der Waals surface area contributed by atoms with Gasteiger partial charge in [-0.3, -0.25) is 4.79 Å². The molecule has 13 heavy (non-hydrogen) atoms. The van der Waals surface area contributed by atoms with Gasteiger partial charge < -0.3 is 10.4 Å². The molecule has 0 rings (SSSR count). The minimum atomic E-state index is -0.0264. The Morgan fingerprint density at radius 1 is 1.54 bits per heavy atom. The molecule has 2 atom stereocenters. The lowest BCUT2D eigenvalue weighted by Gasteiger charge is -2.15. The second-order valence-electron chi connectivity index (χ2n) is 3.00. The van der Waals surface area contributed by atoms with E-state index in [2.05, 4.69) is 5.32 Å². The summed E-state index contributed by atoms with van der Waals surface area (Å²) >= 11 is 1.60. The molecule has 0 aliphatic heterocycles. The third-order valence-corrected chi connectivity index (χ3v) is 3.01. The summed E-state index contributed by atoms with van der Waals surface area (Å²) in [7, 11) is 0. The van der Waals surface area contributed by atoms with Crippen LogP contribution in [0.4, 0.5) is 0 Å². The fourth-order valence-corrected chi connectivity index (χ4v) is 2.12. The molecule has 0 aromatic heterocycles. The Morgan fingerprint density at radius 2 is 2.15 bits per heavy atom. The molecule has 2 N–H and O–H groups in total. The smallest absolute Gasteiger partial charge is 0.232 e. The molecule has 0 aromatic rings. The van der Waals surface area contributed by atoms with Crippen molar-refractivity contribution >= 4 is 17.7 Å². The molecule has 0 radical (unpaired) electrons. The number of thioether (sulfide) groups is 1. The minimum absolute atomic E-state index is 0.0264. The lowest BCUT2D eigenvalue weighted by molar-refractivity contribution is -0.120. The van der Waals surface area contributed by atoms with Crippen molar-refractivity contribution in [2.75, 3.05) is 13.2 Å². The largest absolute Gasteiger partial charge is 0.396 e. The highest BCUT2D eigenvalue weighted by Gasteiger charge is 2.15. The van der Waals surface area contributed by atoms with E-state index < -0.39 is 0 Å². The fourth-order valence-electron chi connectivity index (χ4n) is 0.978. The lowest BCUT2D eigenvalue weighted by atomic mass is 10.3. The Kier molecular flexibility index (Phi) is 7.09. The SMILES string of the molecule is CCNC(=O)C(C)SC(C)CCO. The van der Waals surface area contributed by atoms with Gasteiger partial charge in [-0.1, -0.05) is 6.92 Å². The van der Waals surface area contributed by atoms with Crippen LogP contribution in [0, 0.1) is 0 Å². The second kappa shape index (κ2) is 7.21. The molecule has 2 unspecified atom stereocenters. The van der Waals surface area contributed by atoms with Gasteiger partial charge in [-0.15, -0.1) is 11.8 Å². The predicted octanol–water partition coefficient (Wildman–Crippen LogP) is 1.02. The van der Waals surface area contributed by atoms with Gasteiger partial charge in [-0.05, 0) is 20.3 Å². The zero-order valence-electron chi connectivity index (χ0n) is 8.54. The zero-order chi connectivity index (χ0) is 10.3. The maximum atomic E-state index is 11.3. The van der Waals surface area contributed by atoms with Gasteiger partial charge in [0, 0.05) is 18.4 Å². The summed E-state index contributed by atoms with van der Waals surface area (Å²) in [6, 6.07) is 0. The summed E-state index contributed by atoms with van der Waals surface area (Å²) in [5, 5.41) is 11.8. The van der Waals surface area contributed by atoms with E-state index in [1.807, 2.05) is 20.8 Å². The molecule has 0 spiro atoms. The van der Waals surface area contributed by atoms with Gasteiger partial charge in [0.15, 0.2) is 0 Å². The average Bonchev–Trinajstić information content (AvgIpc) is 2.05. The summed E-state index contributed by atoms with van der Waals surface area (Å²) in [6.45, 7) is 6.70. The van der Waals surface area contributed by atoms with Crippen molar-refractivity contribution < 1.29 is 9.90 Å². The van der Waals surface area contributed by atoms with Gasteiger partial charge in [0.1, 0.15) is 0 Å². The number of aliphatic hydroxyl groups is 1. The van der Waals surface area contributed by atoms with Crippen LogP contribution in [0.3, 0.4) is 0 Å². The van der Waals surface area contributed by atoms with E-state index in [0.29, 0.717) is 11.8 Å². The van der Waals surface area contributed by atoms with Crippen LogP contribution >= 0.6 is 11.8 Å². The van der Waals surface area contributed by atoms with Crippen molar-refractivity contribution in [1.82, 2.24) is 5.32 Å². The van der Waals surface area contributed by atoms with Crippen molar-refractivity contribution in [1.29, 1.82) is 0 Å². The minimum Gasteiger partial charge on any atom is -0.396 e. The Bertz CT molecular complexity index is 153. The molecule has 0 heterocycles. The highest BCUT2D eigenvalue weighted by molar-refractivity contribution is 8.01. The van der Waals surface area contributed by atoms with Crippen molar-refractivity contribution in [2.45, 2.75) is 37.7 Å². The van der Waals surface area contributed by atoms with Crippen LogP contribution in [0.25, 0.3) is 0 Å². The van der Waals surface area contributed by atoms with Gasteiger partial charge in [-0.25, -0.2) is 0 Å². The van der Waals surface area contributed by atoms with E-state index in [0.717, 1.165) is 6.42 Å². The molecular weight excluding hydrogens is 186 g/mol. The Morgan fingerprint density at radius 3 is 2.62 bits per heavy atom. The molecule has 0 aromatic carbocycles. The number of hydrogen-bond donors (Lipinski definition) is 2. The van der Waals surface area contributed by atoms with Crippen molar-refractivity contribution in [2.24, 2.45) is 0 Å².